The van der Waals surface area contributed by atoms with Gasteiger partial charge in [-0.3, -0.25) is 9.89 Å². The summed E-state index contributed by atoms with van der Waals surface area (Å²) in [6.45, 7) is 1.83. The smallest absolute Gasteiger partial charge is 0.262 e. The second-order valence-electron chi connectivity index (χ2n) is 7.33. The molecule has 0 aliphatic carbocycles. The minimum absolute atomic E-state index is 0.0167. The number of nitrogens with zero attached hydrogens (tertiary/aromatic N) is 3. The third-order valence-corrected chi connectivity index (χ3v) is 5.31. The van der Waals surface area contributed by atoms with Crippen molar-refractivity contribution < 1.29 is 14.3 Å². The number of rotatable bonds is 7. The van der Waals surface area contributed by atoms with E-state index in [2.05, 4.69) is 25.5 Å². The predicted molar refractivity (Wildman–Crippen MR) is 123 cm³/mol. The van der Waals surface area contributed by atoms with Crippen LogP contribution in [0.5, 0.6) is 11.5 Å². The first kappa shape index (κ1) is 21.6. The fraction of sp³-hybridized carbons (Fsp3) is 0.167. The van der Waals surface area contributed by atoms with E-state index in [1.807, 2.05) is 25.1 Å². The number of H-pyrrole nitrogens is 2. The molecular formula is C24H22N6O3. The predicted octanol–water partition coefficient (Wildman–Crippen LogP) is 3.75. The monoisotopic (exact) mass is 442 g/mol. The SMILES string of the molecule is COc1ccc([C@@H](C)NC(=O)/C(C#N)=C/c2c[nH]c3ncc(-c4cn[nH]c4)cc23)cc1OC. The molecule has 4 aromatic rings. The fourth-order valence-corrected chi connectivity index (χ4v) is 3.49. The Morgan fingerprint density at radius 2 is 1.97 bits per heavy atom. The number of methoxy groups -OCH3 is 2. The average Bonchev–Trinajstić information content (AvgIpc) is 3.51. The highest BCUT2D eigenvalue weighted by Gasteiger charge is 2.17. The van der Waals surface area contributed by atoms with Crippen molar-refractivity contribution >= 4 is 23.0 Å². The molecule has 0 unspecified atom stereocenters. The van der Waals surface area contributed by atoms with Crippen LogP contribution in [-0.2, 0) is 4.79 Å². The molecule has 0 spiro atoms. The van der Waals surface area contributed by atoms with Gasteiger partial charge in [-0.05, 0) is 36.8 Å². The number of benzene rings is 1. The van der Waals surface area contributed by atoms with Gasteiger partial charge in [0.05, 0.1) is 26.5 Å². The Morgan fingerprint density at radius 3 is 2.67 bits per heavy atom. The van der Waals surface area contributed by atoms with Crippen LogP contribution in [0.15, 0.2) is 54.6 Å². The van der Waals surface area contributed by atoms with E-state index in [0.29, 0.717) is 22.7 Å². The van der Waals surface area contributed by atoms with Gasteiger partial charge in [0, 0.05) is 40.7 Å². The lowest BCUT2D eigenvalue weighted by Gasteiger charge is -2.16. The van der Waals surface area contributed by atoms with E-state index in [-0.39, 0.29) is 11.6 Å². The molecule has 1 atom stereocenters. The van der Waals surface area contributed by atoms with E-state index in [1.165, 1.54) is 0 Å². The summed E-state index contributed by atoms with van der Waals surface area (Å²) in [7, 11) is 3.11. The standard InChI is InChI=1S/C24H22N6O3/c1-14(15-4-5-21(32-2)22(8-15)33-3)30-24(31)16(9-25)6-18-11-27-23-20(18)7-17(10-26-23)19-12-28-29-13-19/h4-8,10-14H,1-3H3,(H,26,27)(H,28,29)(H,30,31)/b16-6+/t14-/m1/s1. The number of aromatic amines is 2. The Bertz CT molecular complexity index is 1360. The maximum Gasteiger partial charge on any atom is 0.262 e. The zero-order valence-corrected chi connectivity index (χ0v) is 18.3. The number of carbonyl (C=O) groups excluding carboxylic acids is 1. The second kappa shape index (κ2) is 9.28. The maximum atomic E-state index is 12.9. The molecule has 0 aliphatic rings. The number of hydrogen-bond acceptors (Lipinski definition) is 6. The van der Waals surface area contributed by atoms with Crippen molar-refractivity contribution in [3.05, 3.63) is 65.8 Å². The Labute approximate surface area is 190 Å². The van der Waals surface area contributed by atoms with E-state index in [9.17, 15) is 10.1 Å². The minimum atomic E-state index is -0.479. The van der Waals surface area contributed by atoms with Crippen LogP contribution in [0.25, 0.3) is 28.2 Å². The molecule has 3 heterocycles. The highest BCUT2D eigenvalue weighted by molar-refractivity contribution is 6.04. The van der Waals surface area contributed by atoms with E-state index < -0.39 is 5.91 Å². The van der Waals surface area contributed by atoms with Gasteiger partial charge in [-0.15, -0.1) is 0 Å². The number of nitrogens with one attached hydrogen (secondary N) is 3. The van der Waals surface area contributed by atoms with Crippen LogP contribution >= 0.6 is 0 Å². The number of aromatic nitrogens is 4. The molecule has 0 aliphatic heterocycles. The van der Waals surface area contributed by atoms with Crippen LogP contribution in [0.4, 0.5) is 0 Å². The lowest BCUT2D eigenvalue weighted by atomic mass is 10.1. The summed E-state index contributed by atoms with van der Waals surface area (Å²) < 4.78 is 10.6. The summed E-state index contributed by atoms with van der Waals surface area (Å²) in [5, 5.41) is 20.1. The van der Waals surface area contributed by atoms with Crippen molar-refractivity contribution in [3.63, 3.8) is 0 Å². The first-order valence-corrected chi connectivity index (χ1v) is 10.1. The molecule has 4 rings (SSSR count). The molecule has 0 bridgehead atoms. The number of hydrogen-bond donors (Lipinski definition) is 3. The molecule has 0 radical (unpaired) electrons. The number of carbonyl (C=O) groups is 1. The molecule has 1 aromatic carbocycles. The summed E-state index contributed by atoms with van der Waals surface area (Å²) >= 11 is 0. The van der Waals surface area contributed by atoms with Crippen LogP contribution < -0.4 is 14.8 Å². The van der Waals surface area contributed by atoms with Gasteiger partial charge in [0.1, 0.15) is 17.3 Å². The lowest BCUT2D eigenvalue weighted by molar-refractivity contribution is -0.117. The molecule has 0 fully saturated rings. The summed E-state index contributed by atoms with van der Waals surface area (Å²) in [4.78, 5) is 20.4. The molecule has 0 saturated carbocycles. The molecule has 9 heteroatoms. The molecular weight excluding hydrogens is 420 g/mol. The number of ether oxygens (including phenoxy) is 2. The van der Waals surface area contributed by atoms with E-state index in [0.717, 1.165) is 22.1 Å². The van der Waals surface area contributed by atoms with Crippen molar-refractivity contribution in [2.45, 2.75) is 13.0 Å². The molecule has 3 aromatic heterocycles. The Kier molecular flexibility index (Phi) is 6.09. The minimum Gasteiger partial charge on any atom is -0.493 e. The largest absolute Gasteiger partial charge is 0.493 e. The highest BCUT2D eigenvalue weighted by atomic mass is 16.5. The first-order chi connectivity index (χ1) is 16.0. The molecule has 3 N–H and O–H groups in total. The van der Waals surface area contributed by atoms with Gasteiger partial charge in [-0.25, -0.2) is 4.98 Å². The third kappa shape index (κ3) is 4.41. The third-order valence-electron chi connectivity index (χ3n) is 5.31. The Morgan fingerprint density at radius 1 is 1.15 bits per heavy atom. The quantitative estimate of drug-likeness (QED) is 0.295. The maximum absolute atomic E-state index is 12.9. The van der Waals surface area contributed by atoms with Gasteiger partial charge >= 0.3 is 0 Å². The molecule has 0 saturated heterocycles. The molecule has 166 valence electrons. The topological polar surface area (TPSA) is 129 Å². The Hall–Kier alpha value is -4.58. The van der Waals surface area contributed by atoms with Gasteiger partial charge < -0.3 is 19.8 Å². The normalized spacial score (nSPS) is 12.2. The summed E-state index contributed by atoms with van der Waals surface area (Å²) in [5.74, 6) is 0.681. The van der Waals surface area contributed by atoms with Gasteiger partial charge in [0.2, 0.25) is 0 Å². The van der Waals surface area contributed by atoms with E-state index in [4.69, 9.17) is 9.47 Å². The van der Waals surface area contributed by atoms with Gasteiger partial charge in [-0.2, -0.15) is 10.4 Å². The highest BCUT2D eigenvalue weighted by Crippen LogP contribution is 2.30. The van der Waals surface area contributed by atoms with Crippen molar-refractivity contribution in [3.8, 4) is 28.7 Å². The Balaban J connectivity index is 1.59. The zero-order chi connectivity index (χ0) is 23.4. The number of fused-ring (bicyclic) bond motifs is 1. The van der Waals surface area contributed by atoms with Gasteiger partial charge in [-0.1, -0.05) is 6.07 Å². The van der Waals surface area contributed by atoms with Crippen LogP contribution in [0, 0.1) is 11.3 Å². The van der Waals surface area contributed by atoms with Crippen LogP contribution in [0.3, 0.4) is 0 Å². The van der Waals surface area contributed by atoms with Crippen LogP contribution in [0.1, 0.15) is 24.1 Å². The van der Waals surface area contributed by atoms with Crippen molar-refractivity contribution in [1.29, 1.82) is 5.26 Å². The summed E-state index contributed by atoms with van der Waals surface area (Å²) in [6, 6.07) is 8.99. The fourth-order valence-electron chi connectivity index (χ4n) is 3.49. The van der Waals surface area contributed by atoms with Gasteiger partial charge in [0.25, 0.3) is 5.91 Å². The van der Waals surface area contributed by atoms with Crippen LogP contribution in [-0.4, -0.2) is 40.3 Å². The number of nitriles is 1. The molecule has 9 nitrogen and oxygen atoms in total. The van der Waals surface area contributed by atoms with Crippen molar-refractivity contribution in [2.75, 3.05) is 14.2 Å². The van der Waals surface area contributed by atoms with E-state index >= 15 is 0 Å². The zero-order valence-electron chi connectivity index (χ0n) is 18.3. The van der Waals surface area contributed by atoms with E-state index in [1.54, 1.807) is 57.2 Å². The number of pyridine rings is 1. The van der Waals surface area contributed by atoms with Crippen LogP contribution in [0.2, 0.25) is 0 Å². The number of amides is 1. The van der Waals surface area contributed by atoms with Crippen molar-refractivity contribution in [2.24, 2.45) is 0 Å². The second-order valence-corrected chi connectivity index (χ2v) is 7.33. The summed E-state index contributed by atoms with van der Waals surface area (Å²) in [5.41, 5.74) is 3.91. The average molecular weight is 442 g/mol. The molecule has 1 amide bonds. The molecule has 33 heavy (non-hydrogen) atoms. The van der Waals surface area contributed by atoms with Gasteiger partial charge in [0.15, 0.2) is 11.5 Å². The van der Waals surface area contributed by atoms with Crippen molar-refractivity contribution in [1.82, 2.24) is 25.5 Å². The summed E-state index contributed by atoms with van der Waals surface area (Å²) in [6.07, 6.45) is 8.48. The lowest BCUT2D eigenvalue weighted by Crippen LogP contribution is -2.27. The first-order valence-electron chi connectivity index (χ1n) is 10.1.